The number of ether oxygens (including phenoxy) is 1. The number of rotatable bonds is 6. The van der Waals surface area contributed by atoms with E-state index in [-0.39, 0.29) is 11.8 Å². The van der Waals surface area contributed by atoms with Gasteiger partial charge in [-0.3, -0.25) is 0 Å². The van der Waals surface area contributed by atoms with Crippen LogP contribution in [0.15, 0.2) is 60.7 Å². The van der Waals surface area contributed by atoms with E-state index in [1.807, 2.05) is 42.5 Å². The maximum absolute atomic E-state index is 13.9. The molecular weight excluding hydrogens is 458 g/mol. The Morgan fingerprint density at radius 3 is 2.68 bits per heavy atom. The third-order valence-electron chi connectivity index (χ3n) is 6.43. The highest BCUT2D eigenvalue weighted by atomic mass is 35.5. The first-order valence-electron chi connectivity index (χ1n) is 11.3. The Hall–Kier alpha value is -2.96. The van der Waals surface area contributed by atoms with E-state index < -0.39 is 17.7 Å². The lowest BCUT2D eigenvalue weighted by atomic mass is 9.77. The van der Waals surface area contributed by atoms with E-state index in [0.29, 0.717) is 24.5 Å². The summed E-state index contributed by atoms with van der Waals surface area (Å²) in [7, 11) is 1.34. The van der Waals surface area contributed by atoms with Crippen LogP contribution in [0.4, 0.5) is 13.6 Å². The summed E-state index contributed by atoms with van der Waals surface area (Å²) >= 11 is 6.80. The van der Waals surface area contributed by atoms with Crippen LogP contribution in [-0.2, 0) is 11.2 Å². The molecule has 1 fully saturated rings. The quantitative estimate of drug-likeness (QED) is 0.448. The first kappa shape index (κ1) is 24.2. The van der Waals surface area contributed by atoms with Crippen molar-refractivity contribution in [2.45, 2.75) is 24.7 Å². The summed E-state index contributed by atoms with van der Waals surface area (Å²) in [5.41, 5.74) is 4.88. The van der Waals surface area contributed by atoms with Gasteiger partial charge in [0.25, 0.3) is 0 Å². The monoisotopic (exact) mass is 484 g/mol. The molecule has 178 valence electrons. The number of carbonyl (C=O) groups excluding carboxylic acids is 1. The van der Waals surface area contributed by atoms with Crippen LogP contribution >= 0.6 is 11.6 Å². The van der Waals surface area contributed by atoms with Gasteiger partial charge < -0.3 is 15.4 Å². The van der Waals surface area contributed by atoms with Gasteiger partial charge in [-0.2, -0.15) is 0 Å². The number of methoxy groups -OCH3 is 1. The topological polar surface area (TPSA) is 50.4 Å². The van der Waals surface area contributed by atoms with Crippen molar-refractivity contribution < 1.29 is 18.3 Å². The molecule has 2 atom stereocenters. The molecule has 4 rings (SSSR count). The zero-order valence-corrected chi connectivity index (χ0v) is 19.7. The van der Waals surface area contributed by atoms with Crippen LogP contribution in [0.5, 0.6) is 0 Å². The predicted molar refractivity (Wildman–Crippen MR) is 130 cm³/mol. The van der Waals surface area contributed by atoms with Gasteiger partial charge in [-0.15, -0.1) is 0 Å². The second-order valence-electron chi connectivity index (χ2n) is 8.44. The van der Waals surface area contributed by atoms with Gasteiger partial charge in [-0.05, 0) is 71.3 Å². The zero-order chi connectivity index (χ0) is 24.1. The van der Waals surface area contributed by atoms with Crippen LogP contribution < -0.4 is 10.6 Å². The molecule has 0 unspecified atom stereocenters. The molecule has 0 aliphatic carbocycles. The van der Waals surface area contributed by atoms with Gasteiger partial charge in [0.1, 0.15) is 0 Å². The van der Waals surface area contributed by atoms with Crippen molar-refractivity contribution in [3.05, 3.63) is 94.0 Å². The van der Waals surface area contributed by atoms with Gasteiger partial charge in [-0.1, -0.05) is 54.1 Å². The summed E-state index contributed by atoms with van der Waals surface area (Å²) in [5.74, 6) is -1.58. The van der Waals surface area contributed by atoms with Gasteiger partial charge in [0.15, 0.2) is 11.6 Å². The summed E-state index contributed by atoms with van der Waals surface area (Å²) in [6, 6.07) is 18.2. The normalized spacial score (nSPS) is 17.9. The maximum Gasteiger partial charge on any atom is 0.406 e. The zero-order valence-electron chi connectivity index (χ0n) is 18.9. The Kier molecular flexibility index (Phi) is 7.80. The van der Waals surface area contributed by atoms with Crippen LogP contribution in [0.25, 0.3) is 11.1 Å². The summed E-state index contributed by atoms with van der Waals surface area (Å²) < 4.78 is 32.0. The molecule has 2 N–H and O–H groups in total. The van der Waals surface area contributed by atoms with Crippen molar-refractivity contribution in [2.75, 3.05) is 26.7 Å². The number of halogens is 3. The van der Waals surface area contributed by atoms with E-state index in [0.717, 1.165) is 40.8 Å². The molecule has 1 amide bonds. The predicted octanol–water partition coefficient (Wildman–Crippen LogP) is 6.04. The van der Waals surface area contributed by atoms with Crippen molar-refractivity contribution in [3.63, 3.8) is 0 Å². The van der Waals surface area contributed by atoms with E-state index in [2.05, 4.69) is 15.4 Å². The Balaban J connectivity index is 1.59. The number of hydrogen-bond acceptors (Lipinski definition) is 3. The average Bonchev–Trinajstić information content (AvgIpc) is 2.86. The molecule has 7 heteroatoms. The smallest absolute Gasteiger partial charge is 0.406 e. The molecule has 1 aliphatic heterocycles. The molecule has 3 aromatic carbocycles. The molecule has 0 bridgehead atoms. The maximum atomic E-state index is 13.9. The minimum Gasteiger partial charge on any atom is -0.453 e. The number of hydrogen-bond donors (Lipinski definition) is 2. The Morgan fingerprint density at radius 2 is 1.91 bits per heavy atom. The number of benzene rings is 3. The molecule has 1 aliphatic rings. The van der Waals surface area contributed by atoms with Crippen molar-refractivity contribution >= 4 is 17.7 Å². The van der Waals surface area contributed by atoms with Crippen molar-refractivity contribution in [3.8, 4) is 11.1 Å². The molecule has 0 radical (unpaired) electrons. The Bertz CT molecular complexity index is 1170. The molecule has 4 nitrogen and oxygen atoms in total. The Labute approximate surface area is 203 Å². The number of piperidine rings is 1. The van der Waals surface area contributed by atoms with E-state index >= 15 is 0 Å². The fraction of sp³-hybridized carbons (Fsp3) is 0.296. The molecule has 34 heavy (non-hydrogen) atoms. The fourth-order valence-corrected chi connectivity index (χ4v) is 5.03. The minimum atomic E-state index is -0.836. The van der Waals surface area contributed by atoms with Crippen LogP contribution in [0.1, 0.15) is 34.9 Å². The summed E-state index contributed by atoms with van der Waals surface area (Å²) in [6.45, 7) is 1.97. The van der Waals surface area contributed by atoms with E-state index in [1.54, 1.807) is 6.07 Å². The molecule has 0 aromatic heterocycles. The molecule has 1 saturated heterocycles. The first-order chi connectivity index (χ1) is 16.5. The average molecular weight is 485 g/mol. The Morgan fingerprint density at radius 1 is 1.09 bits per heavy atom. The van der Waals surface area contributed by atoms with Crippen molar-refractivity contribution in [2.24, 2.45) is 0 Å². The fourth-order valence-electron chi connectivity index (χ4n) is 4.71. The summed E-state index contributed by atoms with van der Waals surface area (Å²) in [4.78, 5) is 11.4. The molecule has 0 saturated carbocycles. The lowest BCUT2D eigenvalue weighted by molar-refractivity contribution is 0.171. The minimum absolute atomic E-state index is 0.0383. The van der Waals surface area contributed by atoms with Crippen molar-refractivity contribution in [1.29, 1.82) is 0 Å². The lowest BCUT2D eigenvalue weighted by Crippen LogP contribution is -2.34. The number of nitrogens with one attached hydrogen (secondary N) is 2. The summed E-state index contributed by atoms with van der Waals surface area (Å²) in [6.07, 6.45) is 1.00. The van der Waals surface area contributed by atoms with Gasteiger partial charge in [0, 0.05) is 24.0 Å². The van der Waals surface area contributed by atoms with Gasteiger partial charge in [0.05, 0.1) is 7.11 Å². The highest BCUT2D eigenvalue weighted by Gasteiger charge is 2.30. The van der Waals surface area contributed by atoms with Gasteiger partial charge >= 0.3 is 6.09 Å². The second-order valence-corrected chi connectivity index (χ2v) is 8.85. The summed E-state index contributed by atoms with van der Waals surface area (Å²) in [5, 5.41) is 6.75. The largest absolute Gasteiger partial charge is 0.453 e. The van der Waals surface area contributed by atoms with Gasteiger partial charge in [0.2, 0.25) is 0 Å². The van der Waals surface area contributed by atoms with E-state index in [4.69, 9.17) is 11.6 Å². The van der Waals surface area contributed by atoms with Crippen LogP contribution in [-0.4, -0.2) is 32.8 Å². The third kappa shape index (κ3) is 5.40. The van der Waals surface area contributed by atoms with E-state index in [9.17, 15) is 13.6 Å². The van der Waals surface area contributed by atoms with Crippen LogP contribution in [0, 0.1) is 11.6 Å². The van der Waals surface area contributed by atoms with Crippen molar-refractivity contribution in [1.82, 2.24) is 10.6 Å². The highest BCUT2D eigenvalue weighted by molar-refractivity contribution is 6.31. The number of amides is 1. The van der Waals surface area contributed by atoms with Gasteiger partial charge in [-0.25, -0.2) is 13.6 Å². The first-order valence-corrected chi connectivity index (χ1v) is 11.7. The molecular formula is C27H27ClF2N2O2. The highest BCUT2D eigenvalue weighted by Crippen LogP contribution is 2.41. The number of alkyl carbamates (subject to hydrolysis) is 1. The molecule has 3 aromatic rings. The van der Waals surface area contributed by atoms with Crippen LogP contribution in [0.3, 0.4) is 0 Å². The number of carbonyl (C=O) groups is 1. The van der Waals surface area contributed by atoms with E-state index in [1.165, 1.54) is 19.2 Å². The van der Waals surface area contributed by atoms with Crippen LogP contribution in [0.2, 0.25) is 5.02 Å². The molecule has 1 heterocycles. The standard InChI is InChI=1S/C27H27ClF2N2O2/c1-34-27(33)32-13-10-17-4-2-3-5-20(17)18-6-8-22(24(28)14-18)23-16-31-12-11-21(23)19-7-9-25(29)26(30)15-19/h2-9,14-15,21,23,31H,10-13,16H2,1H3,(H,32,33)/t21-,23+/m1/s1. The second kappa shape index (κ2) is 11.0. The molecule has 0 spiro atoms. The SMILES string of the molecule is COC(=O)NCCc1ccccc1-c1ccc([C@H]2CNCC[C@@H]2c2ccc(F)c(F)c2)c(Cl)c1. The third-order valence-corrected chi connectivity index (χ3v) is 6.76. The lowest BCUT2D eigenvalue weighted by Gasteiger charge is -2.33.